The zero-order chi connectivity index (χ0) is 71.3. The molecule has 6 amide bonds. The van der Waals surface area contributed by atoms with Crippen LogP contribution in [0, 0.1) is 17.7 Å². The van der Waals surface area contributed by atoms with Crippen LogP contribution in [-0.4, -0.2) is 306 Å². The van der Waals surface area contributed by atoms with Crippen LogP contribution in [0.3, 0.4) is 0 Å². The molecule has 26 atom stereocenters. The Labute approximate surface area is 564 Å². The predicted molar refractivity (Wildman–Crippen MR) is 333 cm³/mol. The number of carbonyl (C=O) groups excluding carboxylic acids is 6. The van der Waals surface area contributed by atoms with Crippen LogP contribution in [0.5, 0.6) is 5.75 Å². The normalized spacial score (nSPS) is 36.9. The Kier molecular flexibility index (Phi) is 24.0. The van der Waals surface area contributed by atoms with Gasteiger partial charge < -0.3 is 147 Å². The van der Waals surface area contributed by atoms with Crippen molar-refractivity contribution in [3.8, 4) is 5.75 Å². The van der Waals surface area contributed by atoms with Crippen molar-refractivity contribution in [1.82, 2.24) is 52.8 Å². The summed E-state index contributed by atoms with van der Waals surface area (Å²) in [5.74, 6) is -9.21. The molecule has 0 aliphatic carbocycles. The van der Waals surface area contributed by atoms with E-state index in [0.29, 0.717) is 11.1 Å². The second-order valence-electron chi connectivity index (χ2n) is 25.1. The summed E-state index contributed by atoms with van der Waals surface area (Å²) < 4.78 is 41.3. The molecule has 0 spiro atoms. The van der Waals surface area contributed by atoms with E-state index in [9.17, 15) is 80.5 Å². The topological polar surface area (TPSA) is 569 Å². The number of nitrogens with one attached hydrogen (secondary N) is 11. The summed E-state index contributed by atoms with van der Waals surface area (Å²) in [7, 11) is 0. The largest absolute Gasteiger partial charge is 0.462 e. The lowest BCUT2D eigenvalue weighted by atomic mass is 9.92. The highest BCUT2D eigenvalue weighted by atomic mass is 16.8. The average Bonchev–Trinajstić information content (AvgIpc) is 1.77. The van der Waals surface area contributed by atoms with Crippen molar-refractivity contribution in [2.45, 2.75) is 179 Å². The predicted octanol–water partition coefficient (Wildman–Crippen LogP) is -10.1. The van der Waals surface area contributed by atoms with Gasteiger partial charge in [-0.1, -0.05) is 79.2 Å². The van der Waals surface area contributed by atoms with Crippen molar-refractivity contribution in [1.29, 1.82) is 10.8 Å². The van der Waals surface area contributed by atoms with E-state index in [-0.39, 0.29) is 30.4 Å². The summed E-state index contributed by atoms with van der Waals surface area (Å²) in [5.41, 5.74) is 2.32. The molecular formula is C62H84N12O25. The van der Waals surface area contributed by atoms with E-state index in [4.69, 9.17) is 44.0 Å². The first-order valence-electron chi connectivity index (χ1n) is 32.0. The van der Waals surface area contributed by atoms with Gasteiger partial charge in [-0.05, 0) is 30.2 Å². The highest BCUT2D eigenvalue weighted by molar-refractivity contribution is 5.98. The number of fused-ring (bicyclic) bond motifs is 1. The number of aryl methyl sites for hydroxylation is 1. The van der Waals surface area contributed by atoms with Crippen molar-refractivity contribution >= 4 is 47.4 Å². The molecule has 7 heterocycles. The minimum absolute atomic E-state index is 0.0482. The van der Waals surface area contributed by atoms with Crippen LogP contribution in [0.4, 0.5) is 0 Å². The van der Waals surface area contributed by atoms with Gasteiger partial charge >= 0.3 is 0 Å². The van der Waals surface area contributed by atoms with Crippen LogP contribution in [0.15, 0.2) is 78.9 Å². The van der Waals surface area contributed by atoms with Crippen LogP contribution in [0.1, 0.15) is 41.4 Å². The number of hydrogen-bond donors (Lipinski definition) is 23. The Morgan fingerprint density at radius 1 is 0.596 bits per heavy atom. The van der Waals surface area contributed by atoms with Gasteiger partial charge in [-0.25, -0.2) is 0 Å². The van der Waals surface area contributed by atoms with E-state index in [2.05, 4.69) is 47.9 Å². The van der Waals surface area contributed by atoms with E-state index < -0.39 is 239 Å². The van der Waals surface area contributed by atoms with Gasteiger partial charge in [-0.15, -0.1) is 0 Å². The number of rotatable bonds is 17. The molecule has 0 bridgehead atoms. The number of carbonyl (C=O) groups is 6. The molecule has 0 aromatic heterocycles. The number of hydrogen-bond acceptors (Lipinski definition) is 27. The maximum Gasteiger partial charge on any atom is 0.246 e. The van der Waals surface area contributed by atoms with Gasteiger partial charge in [0.05, 0.1) is 45.1 Å². The SMILES string of the molecule is Cc1cccc(C2OCC3OC(OC4C(CO)OC(Oc5ccc(CC6NC(=O)C(C(C)c7ccccc7)NC(=O)CNC(=O)C(CO)NC(=O)C(C(O)C7CNC(=N)N7C7OC(CO)C(O)C(O)C7O)NC(=O)C(C(O)C7CNC(=N)N7)NC6=O)cc5)C(O)C4O)C(O)C(O)C3O2)c1. The smallest absolute Gasteiger partial charge is 0.246 e. The maximum atomic E-state index is 15.2. The first kappa shape index (κ1) is 73.8. The molecule has 3 aromatic rings. The molecule has 7 fully saturated rings. The van der Waals surface area contributed by atoms with E-state index in [0.717, 1.165) is 10.5 Å². The standard InChI is InChI=1S/C62H84N12O25/c1-24-7-6-10-28(15-24)58-93-23-36-51(98-58)46(84)49(87)60(97-36)99-50-35(22-77)96-59(48(86)45(50)83)94-29-13-11-26(12-14-29)16-30-53(89)72-39(41(79)31-17-66-61(63)70-31)56(92)73-40(42(80)33-18-67-62(64)74(33)57-47(85)44(82)43(81)34(21-76)95-57)55(91)69-32(20-75)52(88)65-19-37(78)71-38(54(90)68-30)25(2)27-8-4-3-5-9-27/h3-15,25,30-36,38-51,57-60,75-77,79-87H,16-23H2,1-2H3,(H2,64,67)(H,65,88)(H,68,90)(H,69,91)(H,71,78)(H,72,89)(H,73,92)(H3,63,66,70). The number of guanidine groups is 2. The number of amides is 6. The lowest BCUT2D eigenvalue weighted by molar-refractivity contribution is -0.383. The van der Waals surface area contributed by atoms with Crippen molar-refractivity contribution in [2.75, 3.05) is 46.1 Å². The minimum atomic E-state index is -2.36. The highest BCUT2D eigenvalue weighted by Gasteiger charge is 2.56. The zero-order valence-electron chi connectivity index (χ0n) is 53.3. The molecule has 23 N–H and O–H groups in total. The van der Waals surface area contributed by atoms with Gasteiger partial charge in [-0.3, -0.25) is 39.6 Å². The summed E-state index contributed by atoms with van der Waals surface area (Å²) in [6, 6.07) is 8.23. The average molecular weight is 1400 g/mol. The molecule has 26 unspecified atom stereocenters. The summed E-state index contributed by atoms with van der Waals surface area (Å²) in [6.45, 7) is -1.21. The molecule has 37 nitrogen and oxygen atoms in total. The van der Waals surface area contributed by atoms with Crippen molar-refractivity contribution in [3.63, 3.8) is 0 Å². The highest BCUT2D eigenvalue weighted by Crippen LogP contribution is 2.37. The van der Waals surface area contributed by atoms with Gasteiger partial charge in [-0.2, -0.15) is 0 Å². The molecule has 10 rings (SSSR count). The fraction of sp³-hybridized carbons (Fsp3) is 0.581. The molecular weight excluding hydrogens is 1310 g/mol. The fourth-order valence-electron chi connectivity index (χ4n) is 12.8. The van der Waals surface area contributed by atoms with Crippen molar-refractivity contribution in [2.24, 2.45) is 0 Å². The third-order valence-electron chi connectivity index (χ3n) is 18.4. The van der Waals surface area contributed by atoms with E-state index in [1.54, 1.807) is 49.4 Å². The second-order valence-corrected chi connectivity index (χ2v) is 25.1. The summed E-state index contributed by atoms with van der Waals surface area (Å²) in [6.07, 6.45) is -30.8. The Balaban J connectivity index is 0.908. The summed E-state index contributed by atoms with van der Waals surface area (Å²) in [4.78, 5) is 88.3. The van der Waals surface area contributed by atoms with Gasteiger partial charge in [0.2, 0.25) is 41.7 Å². The van der Waals surface area contributed by atoms with Crippen molar-refractivity contribution < 1.29 is 123 Å². The molecule has 3 aromatic carbocycles. The molecule has 0 radical (unpaired) electrons. The van der Waals surface area contributed by atoms with E-state index in [1.165, 1.54) is 24.3 Å². The third kappa shape index (κ3) is 16.5. The number of nitrogens with zero attached hydrogens (tertiary/aromatic N) is 1. The molecule has 7 saturated heterocycles. The summed E-state index contributed by atoms with van der Waals surface area (Å²) in [5, 5.41) is 172. The molecule has 0 saturated carbocycles. The molecule has 7 aliphatic rings. The van der Waals surface area contributed by atoms with Gasteiger partial charge in [0, 0.05) is 31.0 Å². The van der Waals surface area contributed by atoms with Gasteiger partial charge in [0.25, 0.3) is 0 Å². The third-order valence-corrected chi connectivity index (χ3v) is 18.4. The molecule has 542 valence electrons. The van der Waals surface area contributed by atoms with Crippen LogP contribution in [0.25, 0.3) is 0 Å². The summed E-state index contributed by atoms with van der Waals surface area (Å²) >= 11 is 0. The number of aliphatic hydroxyl groups excluding tert-OH is 12. The van der Waals surface area contributed by atoms with Crippen LogP contribution in [0.2, 0.25) is 0 Å². The lowest BCUT2D eigenvalue weighted by Gasteiger charge is -2.48. The fourth-order valence-corrected chi connectivity index (χ4v) is 12.8. The quantitative estimate of drug-likeness (QED) is 0.0597. The number of benzene rings is 3. The first-order chi connectivity index (χ1) is 47.3. The minimum Gasteiger partial charge on any atom is -0.462 e. The van der Waals surface area contributed by atoms with Crippen LogP contribution in [-0.2, 0) is 63.6 Å². The molecule has 7 aliphatic heterocycles. The Morgan fingerprint density at radius 2 is 1.26 bits per heavy atom. The van der Waals surface area contributed by atoms with Crippen LogP contribution < -0.4 is 52.6 Å². The second kappa shape index (κ2) is 32.2. The molecule has 99 heavy (non-hydrogen) atoms. The van der Waals surface area contributed by atoms with Gasteiger partial charge in [0.15, 0.2) is 30.7 Å². The van der Waals surface area contributed by atoms with Crippen molar-refractivity contribution in [3.05, 3.63) is 101 Å². The van der Waals surface area contributed by atoms with E-state index in [1.807, 2.05) is 19.1 Å². The first-order valence-corrected chi connectivity index (χ1v) is 32.0. The van der Waals surface area contributed by atoms with E-state index >= 15 is 9.59 Å². The lowest BCUT2D eigenvalue weighted by Crippen LogP contribution is -2.69. The van der Waals surface area contributed by atoms with Gasteiger partial charge in [0.1, 0.15) is 121 Å². The zero-order valence-corrected chi connectivity index (χ0v) is 53.3. The molecule has 37 heteroatoms. The number of ether oxygens (including phenoxy) is 7. The maximum absolute atomic E-state index is 15.2. The number of aliphatic hydroxyl groups is 12. The Hall–Kier alpha value is -7.90. The van der Waals surface area contributed by atoms with Crippen LogP contribution >= 0.6 is 0 Å². The Morgan fingerprint density at radius 3 is 1.94 bits per heavy atom. The monoisotopic (exact) mass is 1400 g/mol. The Bertz CT molecular complexity index is 3350.